The molecule has 0 amide bonds. The molecular weight excluding hydrogens is 248 g/mol. The third-order valence-corrected chi connectivity index (χ3v) is 4.29. The average molecular weight is 268 g/mol. The molecule has 0 spiro atoms. The molecule has 0 N–H and O–H groups in total. The lowest BCUT2D eigenvalue weighted by Gasteiger charge is -2.42. The highest BCUT2D eigenvalue weighted by molar-refractivity contribution is 5.88. The summed E-state index contributed by atoms with van der Waals surface area (Å²) >= 11 is 0. The Hall–Kier alpha value is -1.39. The van der Waals surface area contributed by atoms with Crippen LogP contribution < -0.4 is 0 Å². The lowest BCUT2D eigenvalue weighted by Crippen LogP contribution is -2.48. The van der Waals surface area contributed by atoms with E-state index in [1.54, 1.807) is 0 Å². The average Bonchev–Trinajstić information content (AvgIpc) is 2.40. The second kappa shape index (κ2) is 5.72. The van der Waals surface area contributed by atoms with E-state index in [2.05, 4.69) is 0 Å². The maximum atomic E-state index is 12.1. The SMILES string of the molecule is COC(=O)[C@@H]1CCC[C@H]2[C@@H]1C(=O)CC[C@H]2OC(C)=O. The summed E-state index contributed by atoms with van der Waals surface area (Å²) in [5.41, 5.74) is 0. The normalized spacial score (nSPS) is 34.3. The standard InChI is InChI=1S/C14H20O5/c1-8(15)19-12-7-6-11(16)13-9(12)4-3-5-10(13)14(17)18-2/h9-10,12-13H,3-7H2,1-2H3/t9-,10-,12-,13+/m1/s1. The van der Waals surface area contributed by atoms with E-state index in [1.807, 2.05) is 0 Å². The number of carbonyl (C=O) groups excluding carboxylic acids is 3. The van der Waals surface area contributed by atoms with E-state index in [0.29, 0.717) is 19.3 Å². The Morgan fingerprint density at radius 2 is 1.95 bits per heavy atom. The van der Waals surface area contributed by atoms with Crippen molar-refractivity contribution in [1.82, 2.24) is 0 Å². The van der Waals surface area contributed by atoms with Gasteiger partial charge in [-0.2, -0.15) is 0 Å². The summed E-state index contributed by atoms with van der Waals surface area (Å²) in [6.07, 6.45) is 3.12. The Morgan fingerprint density at radius 1 is 1.21 bits per heavy atom. The van der Waals surface area contributed by atoms with Crippen molar-refractivity contribution in [2.45, 2.75) is 45.1 Å². The van der Waals surface area contributed by atoms with Crippen LogP contribution in [0.25, 0.3) is 0 Å². The number of hydrogen-bond donors (Lipinski definition) is 0. The Morgan fingerprint density at radius 3 is 2.58 bits per heavy atom. The molecule has 2 saturated carbocycles. The molecule has 0 aromatic carbocycles. The van der Waals surface area contributed by atoms with Crippen molar-refractivity contribution >= 4 is 17.7 Å². The van der Waals surface area contributed by atoms with Gasteiger partial charge in [0.05, 0.1) is 13.0 Å². The molecule has 0 aliphatic heterocycles. The van der Waals surface area contributed by atoms with Crippen LogP contribution in [0.2, 0.25) is 0 Å². The van der Waals surface area contributed by atoms with Gasteiger partial charge in [0.2, 0.25) is 0 Å². The first-order chi connectivity index (χ1) is 9.04. The van der Waals surface area contributed by atoms with Gasteiger partial charge < -0.3 is 9.47 Å². The molecule has 0 aromatic heterocycles. The minimum Gasteiger partial charge on any atom is -0.469 e. The van der Waals surface area contributed by atoms with Crippen molar-refractivity contribution in [1.29, 1.82) is 0 Å². The zero-order chi connectivity index (χ0) is 14.0. The Kier molecular flexibility index (Phi) is 4.22. The number of ether oxygens (including phenoxy) is 2. The molecule has 2 rings (SSSR count). The number of esters is 2. The predicted molar refractivity (Wildman–Crippen MR) is 66.1 cm³/mol. The van der Waals surface area contributed by atoms with Crippen molar-refractivity contribution in [2.75, 3.05) is 7.11 Å². The molecule has 0 saturated heterocycles. The summed E-state index contributed by atoms with van der Waals surface area (Å²) < 4.78 is 10.1. The number of fused-ring (bicyclic) bond motifs is 1. The summed E-state index contributed by atoms with van der Waals surface area (Å²) in [4.78, 5) is 35.1. The topological polar surface area (TPSA) is 69.7 Å². The van der Waals surface area contributed by atoms with Gasteiger partial charge in [-0.3, -0.25) is 14.4 Å². The van der Waals surface area contributed by atoms with Crippen LogP contribution in [-0.4, -0.2) is 30.9 Å². The van der Waals surface area contributed by atoms with Gasteiger partial charge in [-0.25, -0.2) is 0 Å². The number of carbonyl (C=O) groups is 3. The Labute approximate surface area is 112 Å². The lowest BCUT2D eigenvalue weighted by molar-refractivity contribution is -0.165. The number of rotatable bonds is 2. The molecule has 0 heterocycles. The van der Waals surface area contributed by atoms with Crippen LogP contribution in [0.4, 0.5) is 0 Å². The fourth-order valence-corrected chi connectivity index (χ4v) is 3.55. The van der Waals surface area contributed by atoms with E-state index in [-0.39, 0.29) is 41.6 Å². The number of ketones is 1. The molecule has 0 unspecified atom stereocenters. The summed E-state index contributed by atoms with van der Waals surface area (Å²) in [5, 5.41) is 0. The number of methoxy groups -OCH3 is 1. The molecule has 2 fully saturated rings. The highest BCUT2D eigenvalue weighted by atomic mass is 16.5. The van der Waals surface area contributed by atoms with Gasteiger partial charge in [-0.05, 0) is 19.3 Å². The largest absolute Gasteiger partial charge is 0.469 e. The van der Waals surface area contributed by atoms with Gasteiger partial charge >= 0.3 is 11.9 Å². The number of hydrogen-bond acceptors (Lipinski definition) is 5. The van der Waals surface area contributed by atoms with Gasteiger partial charge in [0.25, 0.3) is 0 Å². The summed E-state index contributed by atoms with van der Waals surface area (Å²) in [7, 11) is 1.35. The van der Waals surface area contributed by atoms with Gasteiger partial charge in [0.15, 0.2) is 0 Å². The molecule has 4 atom stereocenters. The third kappa shape index (κ3) is 2.80. The lowest BCUT2D eigenvalue weighted by atomic mass is 9.63. The van der Waals surface area contributed by atoms with Crippen LogP contribution in [0, 0.1) is 17.8 Å². The summed E-state index contributed by atoms with van der Waals surface area (Å²) in [6, 6.07) is 0. The fraction of sp³-hybridized carbons (Fsp3) is 0.786. The first-order valence-corrected chi connectivity index (χ1v) is 6.82. The van der Waals surface area contributed by atoms with E-state index < -0.39 is 0 Å². The Balaban J connectivity index is 2.19. The minimum atomic E-state index is -0.366. The van der Waals surface area contributed by atoms with E-state index in [9.17, 15) is 14.4 Å². The van der Waals surface area contributed by atoms with E-state index in [0.717, 1.165) is 12.8 Å². The van der Waals surface area contributed by atoms with Gasteiger partial charge in [-0.15, -0.1) is 0 Å². The second-order valence-corrected chi connectivity index (χ2v) is 5.40. The zero-order valence-corrected chi connectivity index (χ0v) is 11.4. The van der Waals surface area contributed by atoms with Crippen LogP contribution in [0.15, 0.2) is 0 Å². The van der Waals surface area contributed by atoms with Crippen LogP contribution in [-0.2, 0) is 23.9 Å². The predicted octanol–water partition coefficient (Wildman–Crippen LogP) is 1.49. The van der Waals surface area contributed by atoms with Crippen molar-refractivity contribution in [3.63, 3.8) is 0 Å². The molecule has 106 valence electrons. The van der Waals surface area contributed by atoms with Crippen LogP contribution >= 0.6 is 0 Å². The molecule has 0 aromatic rings. The summed E-state index contributed by atoms with van der Waals surface area (Å²) in [5.74, 6) is -1.25. The molecule has 2 aliphatic rings. The molecule has 19 heavy (non-hydrogen) atoms. The van der Waals surface area contributed by atoms with Crippen LogP contribution in [0.5, 0.6) is 0 Å². The maximum Gasteiger partial charge on any atom is 0.309 e. The molecule has 5 nitrogen and oxygen atoms in total. The molecule has 0 bridgehead atoms. The Bertz CT molecular complexity index is 389. The van der Waals surface area contributed by atoms with Crippen molar-refractivity contribution in [3.8, 4) is 0 Å². The van der Waals surface area contributed by atoms with Gasteiger partial charge in [0.1, 0.15) is 11.9 Å². The smallest absolute Gasteiger partial charge is 0.309 e. The molecule has 2 aliphatic carbocycles. The highest BCUT2D eigenvalue weighted by Gasteiger charge is 2.48. The highest BCUT2D eigenvalue weighted by Crippen LogP contribution is 2.43. The first-order valence-electron chi connectivity index (χ1n) is 6.82. The monoisotopic (exact) mass is 268 g/mol. The van der Waals surface area contributed by atoms with E-state index in [1.165, 1.54) is 14.0 Å². The van der Waals surface area contributed by atoms with Crippen molar-refractivity contribution in [2.24, 2.45) is 17.8 Å². The molecule has 0 radical (unpaired) electrons. The van der Waals surface area contributed by atoms with Gasteiger partial charge in [0, 0.05) is 25.2 Å². The minimum absolute atomic E-state index is 0.0250. The molecule has 5 heteroatoms. The maximum absolute atomic E-state index is 12.1. The van der Waals surface area contributed by atoms with E-state index >= 15 is 0 Å². The fourth-order valence-electron chi connectivity index (χ4n) is 3.55. The summed E-state index contributed by atoms with van der Waals surface area (Å²) in [6.45, 7) is 1.38. The third-order valence-electron chi connectivity index (χ3n) is 4.29. The number of Topliss-reactive ketones (excluding diaryl/α,β-unsaturated/α-hetero) is 1. The van der Waals surface area contributed by atoms with Crippen molar-refractivity contribution in [3.05, 3.63) is 0 Å². The zero-order valence-electron chi connectivity index (χ0n) is 11.4. The quantitative estimate of drug-likeness (QED) is 0.710. The van der Waals surface area contributed by atoms with Crippen LogP contribution in [0.3, 0.4) is 0 Å². The van der Waals surface area contributed by atoms with Gasteiger partial charge in [-0.1, -0.05) is 6.42 Å². The van der Waals surface area contributed by atoms with Crippen molar-refractivity contribution < 1.29 is 23.9 Å². The molecular formula is C14H20O5. The second-order valence-electron chi connectivity index (χ2n) is 5.40. The van der Waals surface area contributed by atoms with Crippen LogP contribution in [0.1, 0.15) is 39.0 Å². The first kappa shape index (κ1) is 14.0. The van der Waals surface area contributed by atoms with E-state index in [4.69, 9.17) is 9.47 Å².